The van der Waals surface area contributed by atoms with Crippen molar-refractivity contribution in [1.82, 2.24) is 14.9 Å². The molecule has 1 N–H and O–H groups in total. The van der Waals surface area contributed by atoms with Crippen LogP contribution in [0.15, 0.2) is 53.7 Å². The van der Waals surface area contributed by atoms with Gasteiger partial charge < -0.3 is 19.5 Å². The molecule has 0 radical (unpaired) electrons. The van der Waals surface area contributed by atoms with Crippen molar-refractivity contribution in [3.05, 3.63) is 48.5 Å². The molecule has 4 rings (SSSR count). The Balaban J connectivity index is 1.42. The number of benzene rings is 2. The molecule has 2 aromatic carbocycles. The Hall–Kier alpha value is -3.20. The van der Waals surface area contributed by atoms with Crippen molar-refractivity contribution in [3.8, 4) is 0 Å². The summed E-state index contributed by atoms with van der Waals surface area (Å²) in [5, 5.41) is 3.81. The molecule has 1 aliphatic heterocycles. The lowest BCUT2D eigenvalue weighted by molar-refractivity contribution is -0.155. The molecule has 1 saturated heterocycles. The van der Waals surface area contributed by atoms with Crippen LogP contribution in [-0.4, -0.2) is 59.1 Å². The van der Waals surface area contributed by atoms with Crippen molar-refractivity contribution in [2.45, 2.75) is 77.1 Å². The molecule has 0 saturated carbocycles. The molecule has 8 nitrogen and oxygen atoms in total. The van der Waals surface area contributed by atoms with Crippen LogP contribution in [0.3, 0.4) is 0 Å². The van der Waals surface area contributed by atoms with Crippen molar-refractivity contribution in [1.29, 1.82) is 0 Å². The highest BCUT2D eigenvalue weighted by Crippen LogP contribution is 2.27. The average Bonchev–Trinajstić information content (AvgIpc) is 3.28. The fourth-order valence-corrected chi connectivity index (χ4v) is 5.81. The third kappa shape index (κ3) is 8.16. The summed E-state index contributed by atoms with van der Waals surface area (Å²) in [6.45, 7) is 11.2. The molecule has 0 spiro atoms. The second-order valence-corrected chi connectivity index (χ2v) is 12.3. The van der Waals surface area contributed by atoms with Gasteiger partial charge in [0.05, 0.1) is 11.0 Å². The highest BCUT2D eigenvalue weighted by atomic mass is 32.2. The van der Waals surface area contributed by atoms with E-state index in [1.807, 2.05) is 54.5 Å². The lowest BCUT2D eigenvalue weighted by Crippen LogP contribution is -2.41. The van der Waals surface area contributed by atoms with E-state index in [0.717, 1.165) is 53.6 Å². The normalized spacial score (nSPS) is 13.8. The van der Waals surface area contributed by atoms with Gasteiger partial charge in [0.25, 0.3) is 0 Å². The fourth-order valence-electron chi connectivity index (χ4n) is 4.88. The first-order valence-electron chi connectivity index (χ1n) is 14.5. The zero-order chi connectivity index (χ0) is 28.5. The van der Waals surface area contributed by atoms with E-state index in [-0.39, 0.29) is 18.5 Å². The maximum absolute atomic E-state index is 13.1. The Kier molecular flexibility index (Phi) is 10.4. The van der Waals surface area contributed by atoms with E-state index >= 15 is 0 Å². The van der Waals surface area contributed by atoms with Crippen molar-refractivity contribution < 1.29 is 14.3 Å². The van der Waals surface area contributed by atoms with Gasteiger partial charge in [-0.25, -0.2) is 9.78 Å². The van der Waals surface area contributed by atoms with E-state index in [0.29, 0.717) is 13.1 Å². The second kappa shape index (κ2) is 13.9. The summed E-state index contributed by atoms with van der Waals surface area (Å²) in [6.07, 6.45) is 5.42. The van der Waals surface area contributed by atoms with Crippen molar-refractivity contribution >= 4 is 46.2 Å². The molecule has 1 aliphatic rings. The van der Waals surface area contributed by atoms with Gasteiger partial charge in [-0.3, -0.25) is 9.69 Å². The van der Waals surface area contributed by atoms with Gasteiger partial charge >= 0.3 is 12.0 Å². The zero-order valence-electron chi connectivity index (χ0n) is 24.3. The number of ether oxygens (including phenoxy) is 1. The Morgan fingerprint density at radius 1 is 1.05 bits per heavy atom. The number of thioether (sulfide) groups is 1. The minimum atomic E-state index is -0.547. The maximum Gasteiger partial charge on any atom is 0.326 e. The van der Waals surface area contributed by atoms with E-state index in [9.17, 15) is 9.59 Å². The molecule has 1 fully saturated rings. The van der Waals surface area contributed by atoms with Crippen LogP contribution < -0.4 is 15.1 Å². The standard InChI is InChI=1S/C31H43N5O3S/c1-5-18-32-29(38)35(25-16-14-24(15-17-25)34-19-9-6-10-20-34)21-11-22-40-30-33-26-12-7-8-13-27(26)36(30)23-28(37)39-31(2,3)4/h7-8,12-17H,5-6,9-11,18-23H2,1-4H3,(H,32,38). The summed E-state index contributed by atoms with van der Waals surface area (Å²) < 4.78 is 7.51. The number of amides is 2. The number of piperidine rings is 1. The van der Waals surface area contributed by atoms with E-state index in [1.54, 1.807) is 11.8 Å². The number of hydrogen-bond donors (Lipinski definition) is 1. The number of aromatic nitrogens is 2. The van der Waals surface area contributed by atoms with Crippen molar-refractivity contribution in [2.75, 3.05) is 41.7 Å². The largest absolute Gasteiger partial charge is 0.459 e. The molecule has 2 amide bonds. The summed E-state index contributed by atoms with van der Waals surface area (Å²) >= 11 is 1.60. The SMILES string of the molecule is CCCNC(=O)N(CCCSc1nc2ccccc2n1CC(=O)OC(C)(C)C)c1ccc(N2CCCCC2)cc1. The van der Waals surface area contributed by atoms with Gasteiger partial charge in [-0.2, -0.15) is 0 Å². The Morgan fingerprint density at radius 3 is 2.48 bits per heavy atom. The van der Waals surface area contributed by atoms with Crippen LogP contribution in [0.2, 0.25) is 0 Å². The summed E-state index contributed by atoms with van der Waals surface area (Å²) in [7, 11) is 0. The molecule has 9 heteroatoms. The number of esters is 1. The molecule has 216 valence electrons. The third-order valence-electron chi connectivity index (χ3n) is 6.74. The van der Waals surface area contributed by atoms with Crippen LogP contribution in [-0.2, 0) is 16.1 Å². The van der Waals surface area contributed by atoms with Crippen LogP contribution in [0, 0.1) is 0 Å². The number of hydrogen-bond acceptors (Lipinski definition) is 6. The van der Waals surface area contributed by atoms with Gasteiger partial charge in [0.1, 0.15) is 12.1 Å². The second-order valence-electron chi connectivity index (χ2n) is 11.2. The molecule has 0 bridgehead atoms. The van der Waals surface area contributed by atoms with Gasteiger partial charge in [-0.15, -0.1) is 0 Å². The minimum absolute atomic E-state index is 0.0743. The molecule has 0 atom stereocenters. The first kappa shape index (κ1) is 29.8. The highest BCUT2D eigenvalue weighted by molar-refractivity contribution is 7.99. The number of urea groups is 1. The lowest BCUT2D eigenvalue weighted by atomic mass is 10.1. The molecular weight excluding hydrogens is 522 g/mol. The summed E-state index contributed by atoms with van der Waals surface area (Å²) in [5.41, 5.74) is 3.33. The molecule has 0 unspecified atom stereocenters. The predicted molar refractivity (Wildman–Crippen MR) is 164 cm³/mol. The van der Waals surface area contributed by atoms with Crippen LogP contribution >= 0.6 is 11.8 Å². The average molecular weight is 566 g/mol. The van der Waals surface area contributed by atoms with E-state index in [2.05, 4.69) is 41.4 Å². The third-order valence-corrected chi connectivity index (χ3v) is 7.80. The summed E-state index contributed by atoms with van der Waals surface area (Å²) in [4.78, 5) is 34.8. The zero-order valence-corrected chi connectivity index (χ0v) is 25.1. The summed E-state index contributed by atoms with van der Waals surface area (Å²) in [6, 6.07) is 16.1. The number of fused-ring (bicyclic) bond motifs is 1. The molecule has 40 heavy (non-hydrogen) atoms. The number of para-hydroxylation sites is 2. The number of nitrogens with one attached hydrogen (secondary N) is 1. The van der Waals surface area contributed by atoms with Crippen molar-refractivity contribution in [2.24, 2.45) is 0 Å². The van der Waals surface area contributed by atoms with E-state index in [1.165, 1.54) is 24.9 Å². The molecule has 3 aromatic rings. The lowest BCUT2D eigenvalue weighted by Gasteiger charge is -2.29. The van der Waals surface area contributed by atoms with E-state index < -0.39 is 5.60 Å². The Bertz CT molecular complexity index is 1260. The Labute approximate surface area is 242 Å². The van der Waals surface area contributed by atoms with Gasteiger partial charge in [0, 0.05) is 43.3 Å². The van der Waals surface area contributed by atoms with E-state index in [4.69, 9.17) is 9.72 Å². The number of carbonyl (C=O) groups excluding carboxylic acids is 2. The molecule has 0 aliphatic carbocycles. The van der Waals surface area contributed by atoms with Gasteiger partial charge in [0.2, 0.25) is 0 Å². The quantitative estimate of drug-likeness (QED) is 0.163. The van der Waals surface area contributed by atoms with Gasteiger partial charge in [-0.05, 0) is 89.3 Å². The number of nitrogens with zero attached hydrogens (tertiary/aromatic N) is 4. The molecule has 2 heterocycles. The van der Waals surface area contributed by atoms with Gasteiger partial charge in [0.15, 0.2) is 5.16 Å². The smallest absolute Gasteiger partial charge is 0.326 e. The molecule has 1 aromatic heterocycles. The number of rotatable bonds is 11. The highest BCUT2D eigenvalue weighted by Gasteiger charge is 2.21. The first-order chi connectivity index (χ1) is 19.2. The van der Waals surface area contributed by atoms with Crippen LogP contribution in [0.5, 0.6) is 0 Å². The van der Waals surface area contributed by atoms with Gasteiger partial charge in [-0.1, -0.05) is 30.8 Å². The van der Waals surface area contributed by atoms with Crippen LogP contribution in [0.4, 0.5) is 16.2 Å². The monoisotopic (exact) mass is 565 g/mol. The van der Waals surface area contributed by atoms with Crippen LogP contribution in [0.1, 0.15) is 59.8 Å². The number of carbonyl (C=O) groups is 2. The maximum atomic E-state index is 13.1. The number of imidazole rings is 1. The van der Waals surface area contributed by atoms with Crippen LogP contribution in [0.25, 0.3) is 11.0 Å². The summed E-state index contributed by atoms with van der Waals surface area (Å²) in [5.74, 6) is 0.463. The fraction of sp³-hybridized carbons (Fsp3) is 0.516. The van der Waals surface area contributed by atoms with Crippen molar-refractivity contribution in [3.63, 3.8) is 0 Å². The minimum Gasteiger partial charge on any atom is -0.459 e. The first-order valence-corrected chi connectivity index (χ1v) is 15.4. The number of anilines is 2. The topological polar surface area (TPSA) is 79.7 Å². The molecular formula is C31H43N5O3S. The Morgan fingerprint density at radius 2 is 1.77 bits per heavy atom. The predicted octanol–water partition coefficient (Wildman–Crippen LogP) is 6.48.